The molecular weight excluding hydrogens is 242 g/mol. The lowest BCUT2D eigenvalue weighted by atomic mass is 10.2. The summed E-state index contributed by atoms with van der Waals surface area (Å²) < 4.78 is 0. The monoisotopic (exact) mass is 259 g/mol. The van der Waals surface area contributed by atoms with E-state index in [9.17, 15) is 0 Å². The molecule has 2 aromatic rings. The predicted molar refractivity (Wildman–Crippen MR) is 75.5 cm³/mol. The fourth-order valence-corrected chi connectivity index (χ4v) is 2.42. The Hall–Kier alpha value is -1.39. The van der Waals surface area contributed by atoms with E-state index < -0.39 is 0 Å². The lowest BCUT2D eigenvalue weighted by Gasteiger charge is -2.06. The Kier molecular flexibility index (Phi) is 4.73. The minimum atomic E-state index is 0.810. The van der Waals surface area contributed by atoms with Crippen molar-refractivity contribution in [2.24, 2.45) is 0 Å². The van der Waals surface area contributed by atoms with Gasteiger partial charge < -0.3 is 5.32 Å². The first-order valence-electron chi connectivity index (χ1n) is 5.93. The summed E-state index contributed by atoms with van der Waals surface area (Å²) in [6.07, 6.45) is 1.92. The number of hydrogen-bond donors (Lipinski definition) is 1. The molecule has 0 aliphatic rings. The molecule has 0 spiro atoms. The molecule has 4 heteroatoms. The van der Waals surface area contributed by atoms with Gasteiger partial charge in [-0.05, 0) is 26.1 Å². The average molecular weight is 259 g/mol. The molecule has 2 rings (SSSR count). The van der Waals surface area contributed by atoms with Gasteiger partial charge in [-0.25, -0.2) is 9.97 Å². The zero-order valence-electron chi connectivity index (χ0n) is 10.7. The molecule has 1 aromatic carbocycles. The molecule has 18 heavy (non-hydrogen) atoms. The first-order valence-corrected chi connectivity index (χ1v) is 6.92. The summed E-state index contributed by atoms with van der Waals surface area (Å²) >= 11 is 1.76. The van der Waals surface area contributed by atoms with Gasteiger partial charge >= 0.3 is 0 Å². The van der Waals surface area contributed by atoms with E-state index in [-0.39, 0.29) is 0 Å². The molecule has 0 aliphatic carbocycles. The summed E-state index contributed by atoms with van der Waals surface area (Å²) in [5, 5.41) is 3.12. The molecule has 0 bridgehead atoms. The molecule has 1 heterocycles. The lowest BCUT2D eigenvalue weighted by molar-refractivity contribution is 0.790. The normalized spacial score (nSPS) is 10.6. The molecule has 3 nitrogen and oxygen atoms in total. The third-order valence-corrected chi connectivity index (χ3v) is 3.62. The van der Waals surface area contributed by atoms with Gasteiger partial charge in [0.1, 0.15) is 5.82 Å². The fourth-order valence-electron chi connectivity index (χ4n) is 1.64. The van der Waals surface area contributed by atoms with Gasteiger partial charge in [-0.3, -0.25) is 0 Å². The van der Waals surface area contributed by atoms with Crippen molar-refractivity contribution in [1.29, 1.82) is 0 Å². The number of hydrogen-bond acceptors (Lipinski definition) is 4. The summed E-state index contributed by atoms with van der Waals surface area (Å²) in [7, 11) is 1.93. The number of rotatable bonds is 5. The van der Waals surface area contributed by atoms with Gasteiger partial charge in [-0.1, -0.05) is 18.2 Å². The van der Waals surface area contributed by atoms with E-state index in [2.05, 4.69) is 27.4 Å². The highest BCUT2D eigenvalue weighted by molar-refractivity contribution is 7.98. The third kappa shape index (κ3) is 3.55. The van der Waals surface area contributed by atoms with Crippen LogP contribution in [0.3, 0.4) is 0 Å². The van der Waals surface area contributed by atoms with Crippen molar-refractivity contribution in [3.8, 4) is 0 Å². The Morgan fingerprint density at radius 2 is 2.00 bits per heavy atom. The molecule has 0 saturated heterocycles. The summed E-state index contributed by atoms with van der Waals surface area (Å²) in [6, 6.07) is 10.3. The quantitative estimate of drug-likeness (QED) is 0.838. The number of thioether (sulfide) groups is 1. The number of benzene rings is 1. The molecule has 1 aromatic heterocycles. The van der Waals surface area contributed by atoms with Crippen LogP contribution in [0.2, 0.25) is 0 Å². The number of aromatic nitrogens is 2. The molecule has 0 aliphatic heterocycles. The smallest absolute Gasteiger partial charge is 0.138 e. The minimum absolute atomic E-state index is 0.810. The maximum absolute atomic E-state index is 4.53. The van der Waals surface area contributed by atoms with Crippen LogP contribution in [0.4, 0.5) is 0 Å². The van der Waals surface area contributed by atoms with E-state index in [1.54, 1.807) is 11.8 Å². The van der Waals surface area contributed by atoms with Gasteiger partial charge in [0.25, 0.3) is 0 Å². The van der Waals surface area contributed by atoms with Crippen LogP contribution in [0.5, 0.6) is 0 Å². The second-order valence-electron chi connectivity index (χ2n) is 4.03. The van der Waals surface area contributed by atoms with E-state index in [1.165, 1.54) is 4.90 Å². The van der Waals surface area contributed by atoms with Crippen LogP contribution in [0.15, 0.2) is 41.4 Å². The summed E-state index contributed by atoms with van der Waals surface area (Å²) in [4.78, 5) is 10.2. The maximum atomic E-state index is 4.53. The zero-order chi connectivity index (χ0) is 12.8. The molecule has 0 amide bonds. The Balaban J connectivity index is 2.00. The molecular formula is C14H17N3S. The molecule has 0 unspecified atom stereocenters. The van der Waals surface area contributed by atoms with E-state index in [0.717, 1.165) is 29.4 Å². The van der Waals surface area contributed by atoms with Gasteiger partial charge in [0.05, 0.1) is 5.75 Å². The van der Waals surface area contributed by atoms with Crippen LogP contribution >= 0.6 is 11.8 Å². The second-order valence-corrected chi connectivity index (χ2v) is 5.08. The highest BCUT2D eigenvalue weighted by Gasteiger charge is 2.03. The van der Waals surface area contributed by atoms with Crippen molar-refractivity contribution in [3.05, 3.63) is 53.6 Å². The van der Waals surface area contributed by atoms with Crippen molar-refractivity contribution >= 4 is 11.8 Å². The van der Waals surface area contributed by atoms with Crippen LogP contribution in [-0.2, 0) is 12.3 Å². The highest BCUT2D eigenvalue weighted by atomic mass is 32.2. The largest absolute Gasteiger partial charge is 0.316 e. The van der Waals surface area contributed by atoms with Crippen LogP contribution in [0, 0.1) is 6.92 Å². The van der Waals surface area contributed by atoms with Crippen LogP contribution in [0.25, 0.3) is 0 Å². The number of nitrogens with one attached hydrogen (secondary N) is 1. The van der Waals surface area contributed by atoms with E-state index in [4.69, 9.17) is 0 Å². The highest BCUT2D eigenvalue weighted by Crippen LogP contribution is 2.20. The summed E-state index contributed by atoms with van der Waals surface area (Å²) in [6.45, 7) is 2.85. The van der Waals surface area contributed by atoms with Gasteiger partial charge in [-0.2, -0.15) is 0 Å². The van der Waals surface area contributed by atoms with E-state index in [0.29, 0.717) is 0 Å². The topological polar surface area (TPSA) is 37.8 Å². The summed E-state index contributed by atoms with van der Waals surface area (Å²) in [5.41, 5.74) is 2.22. The second kappa shape index (κ2) is 6.52. The lowest BCUT2D eigenvalue weighted by Crippen LogP contribution is -2.09. The predicted octanol–water partition coefficient (Wildman–Crippen LogP) is 2.80. The molecule has 0 atom stereocenters. The SMILES string of the molecule is CNCc1cnc(CSc2ccccc2)nc1C. The number of nitrogens with zero attached hydrogens (tertiary/aromatic N) is 2. The van der Waals surface area contributed by atoms with Gasteiger partial charge in [-0.15, -0.1) is 11.8 Å². The molecule has 1 N–H and O–H groups in total. The van der Waals surface area contributed by atoms with Crippen LogP contribution < -0.4 is 5.32 Å². The fraction of sp³-hybridized carbons (Fsp3) is 0.286. The van der Waals surface area contributed by atoms with Crippen molar-refractivity contribution < 1.29 is 0 Å². The zero-order valence-corrected chi connectivity index (χ0v) is 11.5. The standard InChI is InChI=1S/C14H17N3S/c1-11-12(8-15-2)9-16-14(17-11)10-18-13-6-4-3-5-7-13/h3-7,9,15H,8,10H2,1-2H3. The van der Waals surface area contributed by atoms with Gasteiger partial charge in [0.15, 0.2) is 0 Å². The minimum Gasteiger partial charge on any atom is -0.316 e. The first-order chi connectivity index (χ1) is 8.79. The Bertz CT molecular complexity index is 500. The van der Waals surface area contributed by atoms with Crippen molar-refractivity contribution in [2.75, 3.05) is 7.05 Å². The summed E-state index contributed by atoms with van der Waals surface area (Å²) in [5.74, 6) is 1.70. The Labute approximate surface area is 112 Å². The molecule has 0 saturated carbocycles. The van der Waals surface area contributed by atoms with Crippen molar-refractivity contribution in [1.82, 2.24) is 15.3 Å². The molecule has 94 valence electrons. The van der Waals surface area contributed by atoms with Crippen LogP contribution in [0.1, 0.15) is 17.1 Å². The molecule has 0 radical (unpaired) electrons. The Morgan fingerprint density at radius 3 is 2.67 bits per heavy atom. The molecule has 0 fully saturated rings. The average Bonchev–Trinajstić information content (AvgIpc) is 2.41. The van der Waals surface area contributed by atoms with Gasteiger partial charge in [0, 0.05) is 28.9 Å². The van der Waals surface area contributed by atoms with E-state index >= 15 is 0 Å². The van der Waals surface area contributed by atoms with E-state index in [1.807, 2.05) is 38.4 Å². The Morgan fingerprint density at radius 1 is 1.22 bits per heavy atom. The van der Waals surface area contributed by atoms with Gasteiger partial charge in [0.2, 0.25) is 0 Å². The maximum Gasteiger partial charge on any atom is 0.138 e. The third-order valence-electron chi connectivity index (χ3n) is 2.61. The van der Waals surface area contributed by atoms with Crippen molar-refractivity contribution in [2.45, 2.75) is 24.1 Å². The van der Waals surface area contributed by atoms with Crippen LogP contribution in [-0.4, -0.2) is 17.0 Å². The van der Waals surface area contributed by atoms with Crippen molar-refractivity contribution in [3.63, 3.8) is 0 Å². The first kappa shape index (κ1) is 13.1. The number of aryl methyl sites for hydroxylation is 1.